The summed E-state index contributed by atoms with van der Waals surface area (Å²) >= 11 is 6.00. The van der Waals surface area contributed by atoms with E-state index in [-0.39, 0.29) is 48.3 Å². The molecule has 1 aliphatic rings. The maximum atomic E-state index is 12.9. The summed E-state index contributed by atoms with van der Waals surface area (Å²) in [4.78, 5) is 37.8. The van der Waals surface area contributed by atoms with Gasteiger partial charge >= 0.3 is 0 Å². The van der Waals surface area contributed by atoms with Crippen molar-refractivity contribution in [2.75, 3.05) is 0 Å². The standard InChI is InChI=1S/C28H31ClN4O4/c1-19(34)25-15-24(28(36)30-16-21-10-7-11-22(29)14-21)32-33(25)17-27(35)31-23-12-5-6-13-26(23)37-18-20-8-3-2-4-9-20/h2-4,7-11,14-15,23,26H,5-6,12-13,16-18H2,1H3,(H,30,36)(H,31,35)/t23-,26-/m0/s1. The molecule has 1 aromatic heterocycles. The second-order valence-corrected chi connectivity index (χ2v) is 9.67. The zero-order valence-electron chi connectivity index (χ0n) is 20.8. The largest absolute Gasteiger partial charge is 0.371 e. The van der Waals surface area contributed by atoms with Gasteiger partial charge in [-0.25, -0.2) is 0 Å². The molecule has 0 aliphatic heterocycles. The monoisotopic (exact) mass is 522 g/mol. The fraction of sp³-hybridized carbons (Fsp3) is 0.357. The summed E-state index contributed by atoms with van der Waals surface area (Å²) in [6.07, 6.45) is 3.66. The predicted octanol–water partition coefficient (Wildman–Crippen LogP) is 4.31. The molecule has 0 saturated heterocycles. The van der Waals surface area contributed by atoms with Gasteiger partial charge in [0.2, 0.25) is 5.91 Å². The first kappa shape index (κ1) is 26.6. The summed E-state index contributed by atoms with van der Waals surface area (Å²) in [7, 11) is 0. The Hall–Kier alpha value is -3.49. The SMILES string of the molecule is CC(=O)c1cc(C(=O)NCc2cccc(Cl)c2)nn1CC(=O)N[C@H]1CCCC[C@@H]1OCc1ccccc1. The Morgan fingerprint density at radius 3 is 2.54 bits per heavy atom. The zero-order valence-corrected chi connectivity index (χ0v) is 21.5. The molecule has 9 heteroatoms. The number of nitrogens with one attached hydrogen (secondary N) is 2. The molecule has 1 aliphatic carbocycles. The molecule has 8 nitrogen and oxygen atoms in total. The lowest BCUT2D eigenvalue weighted by Crippen LogP contribution is -2.47. The van der Waals surface area contributed by atoms with Crippen LogP contribution in [-0.4, -0.2) is 39.5 Å². The van der Waals surface area contributed by atoms with Crippen LogP contribution in [0.1, 0.15) is 64.7 Å². The maximum absolute atomic E-state index is 12.9. The van der Waals surface area contributed by atoms with Crippen molar-refractivity contribution in [1.82, 2.24) is 20.4 Å². The quantitative estimate of drug-likeness (QED) is 0.386. The summed E-state index contributed by atoms with van der Waals surface area (Å²) in [5.74, 6) is -1.00. The Morgan fingerprint density at radius 2 is 1.78 bits per heavy atom. The van der Waals surface area contributed by atoms with Crippen molar-refractivity contribution in [3.05, 3.63) is 88.2 Å². The number of hydrogen-bond acceptors (Lipinski definition) is 5. The number of ketones is 1. The van der Waals surface area contributed by atoms with Gasteiger partial charge in [0.1, 0.15) is 12.2 Å². The van der Waals surface area contributed by atoms with Gasteiger partial charge in [-0.3, -0.25) is 19.1 Å². The molecular formula is C28H31ClN4O4. The number of hydrogen-bond donors (Lipinski definition) is 2. The highest BCUT2D eigenvalue weighted by molar-refractivity contribution is 6.30. The first-order chi connectivity index (χ1) is 17.9. The number of amides is 2. The number of ether oxygens (including phenoxy) is 1. The van der Waals surface area contributed by atoms with Gasteiger partial charge in [0.05, 0.1) is 18.8 Å². The predicted molar refractivity (Wildman–Crippen MR) is 140 cm³/mol. The number of benzene rings is 2. The van der Waals surface area contributed by atoms with Crippen LogP contribution in [0.2, 0.25) is 5.02 Å². The van der Waals surface area contributed by atoms with Crippen LogP contribution in [0.15, 0.2) is 60.7 Å². The molecule has 0 spiro atoms. The number of aromatic nitrogens is 2. The normalized spacial score (nSPS) is 17.2. The molecule has 37 heavy (non-hydrogen) atoms. The van der Waals surface area contributed by atoms with Crippen LogP contribution in [-0.2, 0) is 29.2 Å². The highest BCUT2D eigenvalue weighted by Gasteiger charge is 2.28. The molecule has 0 bridgehead atoms. The minimum absolute atomic E-state index is 0.0711. The van der Waals surface area contributed by atoms with Crippen LogP contribution in [0.5, 0.6) is 0 Å². The van der Waals surface area contributed by atoms with Crippen molar-refractivity contribution < 1.29 is 19.1 Å². The Balaban J connectivity index is 1.37. The lowest BCUT2D eigenvalue weighted by atomic mass is 9.92. The van der Waals surface area contributed by atoms with Gasteiger partial charge in [0, 0.05) is 24.6 Å². The number of nitrogens with zero attached hydrogens (tertiary/aromatic N) is 2. The second-order valence-electron chi connectivity index (χ2n) is 9.23. The topological polar surface area (TPSA) is 102 Å². The Morgan fingerprint density at radius 1 is 1.03 bits per heavy atom. The number of rotatable bonds is 10. The number of carbonyl (C=O) groups is 3. The van der Waals surface area contributed by atoms with Crippen molar-refractivity contribution >= 4 is 29.2 Å². The second kappa shape index (κ2) is 12.7. The highest BCUT2D eigenvalue weighted by Crippen LogP contribution is 2.22. The number of Topliss-reactive ketones (excluding diaryl/α,β-unsaturated/α-hetero) is 1. The van der Waals surface area contributed by atoms with E-state index in [0.29, 0.717) is 11.6 Å². The third-order valence-corrected chi connectivity index (χ3v) is 6.60. The molecule has 1 fully saturated rings. The van der Waals surface area contributed by atoms with Crippen LogP contribution >= 0.6 is 11.6 Å². The van der Waals surface area contributed by atoms with E-state index in [1.54, 1.807) is 18.2 Å². The molecule has 0 radical (unpaired) electrons. The molecule has 1 heterocycles. The molecule has 2 atom stereocenters. The van der Waals surface area contributed by atoms with E-state index in [1.807, 2.05) is 36.4 Å². The molecule has 2 aromatic carbocycles. The van der Waals surface area contributed by atoms with Gasteiger partial charge in [0.25, 0.3) is 5.91 Å². The fourth-order valence-electron chi connectivity index (χ4n) is 4.48. The average molecular weight is 523 g/mol. The molecule has 2 amide bonds. The van der Waals surface area contributed by atoms with Gasteiger partial charge in [0.15, 0.2) is 11.5 Å². The molecule has 1 saturated carbocycles. The first-order valence-corrected chi connectivity index (χ1v) is 12.8. The molecule has 0 unspecified atom stereocenters. The van der Waals surface area contributed by atoms with Gasteiger partial charge in [-0.15, -0.1) is 0 Å². The molecule has 194 valence electrons. The van der Waals surface area contributed by atoms with Crippen molar-refractivity contribution in [3.8, 4) is 0 Å². The highest BCUT2D eigenvalue weighted by atomic mass is 35.5. The van der Waals surface area contributed by atoms with Gasteiger partial charge in [-0.2, -0.15) is 5.10 Å². The van der Waals surface area contributed by atoms with Gasteiger partial charge in [-0.1, -0.05) is 66.9 Å². The van der Waals surface area contributed by atoms with Crippen molar-refractivity contribution in [1.29, 1.82) is 0 Å². The van der Waals surface area contributed by atoms with E-state index in [1.165, 1.54) is 17.7 Å². The molecule has 3 aromatic rings. The Kier molecular flexibility index (Phi) is 9.09. The van der Waals surface area contributed by atoms with E-state index in [2.05, 4.69) is 15.7 Å². The summed E-state index contributed by atoms with van der Waals surface area (Å²) in [6, 6.07) is 18.4. The summed E-state index contributed by atoms with van der Waals surface area (Å²) in [6.45, 7) is 1.96. The summed E-state index contributed by atoms with van der Waals surface area (Å²) in [5, 5.41) is 10.7. The van der Waals surface area contributed by atoms with Crippen molar-refractivity contribution in [2.24, 2.45) is 0 Å². The van der Waals surface area contributed by atoms with Crippen molar-refractivity contribution in [3.63, 3.8) is 0 Å². The fourth-order valence-corrected chi connectivity index (χ4v) is 4.69. The maximum Gasteiger partial charge on any atom is 0.272 e. The van der Waals surface area contributed by atoms with Gasteiger partial charge < -0.3 is 15.4 Å². The Labute approximate surface area is 221 Å². The molecular weight excluding hydrogens is 492 g/mol. The summed E-state index contributed by atoms with van der Waals surface area (Å²) in [5.41, 5.74) is 2.19. The lowest BCUT2D eigenvalue weighted by molar-refractivity contribution is -0.124. The van der Waals surface area contributed by atoms with E-state index in [4.69, 9.17) is 16.3 Å². The van der Waals surface area contributed by atoms with E-state index < -0.39 is 5.91 Å². The third-order valence-electron chi connectivity index (χ3n) is 6.36. The average Bonchev–Trinajstić information content (AvgIpc) is 3.31. The molecule has 4 rings (SSSR count). The zero-order chi connectivity index (χ0) is 26.2. The van der Waals surface area contributed by atoms with Crippen LogP contribution < -0.4 is 10.6 Å². The summed E-state index contributed by atoms with van der Waals surface area (Å²) < 4.78 is 7.43. The van der Waals surface area contributed by atoms with Crippen LogP contribution in [0, 0.1) is 0 Å². The number of halogens is 1. The van der Waals surface area contributed by atoms with E-state index >= 15 is 0 Å². The Bertz CT molecular complexity index is 1240. The van der Waals surface area contributed by atoms with Crippen LogP contribution in [0.3, 0.4) is 0 Å². The van der Waals surface area contributed by atoms with Crippen LogP contribution in [0.4, 0.5) is 0 Å². The third kappa shape index (κ3) is 7.50. The first-order valence-electron chi connectivity index (χ1n) is 12.5. The van der Waals surface area contributed by atoms with Gasteiger partial charge in [-0.05, 0) is 36.1 Å². The van der Waals surface area contributed by atoms with E-state index in [0.717, 1.165) is 36.8 Å². The van der Waals surface area contributed by atoms with Crippen LogP contribution in [0.25, 0.3) is 0 Å². The van der Waals surface area contributed by atoms with Crippen molar-refractivity contribution in [2.45, 2.75) is 64.4 Å². The minimum Gasteiger partial charge on any atom is -0.371 e. The lowest BCUT2D eigenvalue weighted by Gasteiger charge is -2.32. The minimum atomic E-state index is -0.441. The smallest absolute Gasteiger partial charge is 0.272 e. The number of carbonyl (C=O) groups excluding carboxylic acids is 3. The molecule has 2 N–H and O–H groups in total. The van der Waals surface area contributed by atoms with E-state index in [9.17, 15) is 14.4 Å².